The molecular weight excluding hydrogens is 301 g/mol. The number of pyridine rings is 1. The van der Waals surface area contributed by atoms with Crippen molar-refractivity contribution in [2.75, 3.05) is 0 Å². The third kappa shape index (κ3) is 2.30. The van der Waals surface area contributed by atoms with E-state index in [0.717, 1.165) is 0 Å². The molecule has 2 aromatic rings. The molecule has 0 amide bonds. The number of alkyl halides is 3. The van der Waals surface area contributed by atoms with Gasteiger partial charge < -0.3 is 5.11 Å². The van der Waals surface area contributed by atoms with Gasteiger partial charge in [0.05, 0.1) is 0 Å². The molecule has 0 saturated heterocycles. The first-order valence-electron chi connectivity index (χ1n) is 4.70. The molecule has 0 radical (unpaired) electrons. The Morgan fingerprint density at radius 3 is 2.41 bits per heavy atom. The van der Waals surface area contributed by atoms with Crippen LogP contribution in [0.25, 0.3) is 0 Å². The maximum absolute atomic E-state index is 10.8. The van der Waals surface area contributed by atoms with Crippen molar-refractivity contribution in [3.05, 3.63) is 52.5 Å². The van der Waals surface area contributed by atoms with Crippen LogP contribution in [-0.4, -0.2) is 13.9 Å². The number of aromatic nitrogens is 1. The Kier molecular flexibility index (Phi) is 3.66. The van der Waals surface area contributed by atoms with Gasteiger partial charge in [0.15, 0.2) is 5.60 Å². The minimum absolute atomic E-state index is 0.447. The quantitative estimate of drug-likeness (QED) is 0.857. The van der Waals surface area contributed by atoms with Crippen molar-refractivity contribution >= 4 is 46.1 Å². The summed E-state index contributed by atoms with van der Waals surface area (Å²) in [4.78, 5) is 4.50. The number of hydrogen-bond acceptors (Lipinski definition) is 3. The Bertz CT molecular complexity index is 483. The topological polar surface area (TPSA) is 33.1 Å². The number of hydrogen-bond donors (Lipinski definition) is 1. The molecule has 90 valence electrons. The van der Waals surface area contributed by atoms with E-state index in [4.69, 9.17) is 34.8 Å². The van der Waals surface area contributed by atoms with Gasteiger partial charge >= 0.3 is 0 Å². The molecule has 0 aliphatic heterocycles. The summed E-state index contributed by atoms with van der Waals surface area (Å²) in [7, 11) is 0. The first-order chi connectivity index (χ1) is 7.96. The lowest BCUT2D eigenvalue weighted by atomic mass is 9.95. The van der Waals surface area contributed by atoms with Gasteiger partial charge in [0.2, 0.25) is 3.79 Å². The first kappa shape index (κ1) is 13.1. The fourth-order valence-electron chi connectivity index (χ4n) is 1.51. The Morgan fingerprint density at radius 1 is 1.18 bits per heavy atom. The van der Waals surface area contributed by atoms with Gasteiger partial charge in [-0.05, 0) is 17.5 Å². The molecule has 0 aliphatic carbocycles. The van der Waals surface area contributed by atoms with Crippen LogP contribution >= 0.6 is 46.1 Å². The Morgan fingerprint density at radius 2 is 1.94 bits per heavy atom. The zero-order valence-electron chi connectivity index (χ0n) is 8.48. The zero-order valence-corrected chi connectivity index (χ0v) is 11.6. The monoisotopic (exact) mass is 307 g/mol. The summed E-state index contributed by atoms with van der Waals surface area (Å²) in [5.74, 6) is 0. The van der Waals surface area contributed by atoms with Gasteiger partial charge in [0, 0.05) is 22.8 Å². The van der Waals surface area contributed by atoms with Gasteiger partial charge in [-0.3, -0.25) is 4.98 Å². The number of aliphatic hydroxyl groups is 1. The second-order valence-corrected chi connectivity index (χ2v) is 6.66. The summed E-state index contributed by atoms with van der Waals surface area (Å²) in [6.45, 7) is 0. The molecule has 0 aromatic carbocycles. The number of thiophene rings is 1. The van der Waals surface area contributed by atoms with Crippen molar-refractivity contribution in [2.24, 2.45) is 0 Å². The molecule has 1 atom stereocenters. The van der Waals surface area contributed by atoms with Crippen molar-refractivity contribution in [1.29, 1.82) is 0 Å². The molecule has 2 heterocycles. The van der Waals surface area contributed by atoms with Crippen LogP contribution in [0.2, 0.25) is 0 Å². The van der Waals surface area contributed by atoms with E-state index in [1.54, 1.807) is 30.5 Å². The zero-order chi connectivity index (χ0) is 12.5. The fraction of sp³-hybridized carbons (Fsp3) is 0.182. The third-order valence-corrected chi connectivity index (χ3v) is 4.17. The highest BCUT2D eigenvalue weighted by Gasteiger charge is 2.50. The first-order valence-corrected chi connectivity index (χ1v) is 6.71. The van der Waals surface area contributed by atoms with Gasteiger partial charge in [-0.1, -0.05) is 46.9 Å². The molecule has 0 unspecified atom stereocenters. The lowest BCUT2D eigenvalue weighted by molar-refractivity contribution is 0.0885. The van der Waals surface area contributed by atoms with Crippen molar-refractivity contribution in [3.63, 3.8) is 0 Å². The SMILES string of the molecule is O[C@](c1cccnc1)(c1cccs1)C(Cl)(Cl)Cl. The predicted octanol–water partition coefficient (Wildman–Crippen LogP) is 3.75. The second kappa shape index (κ2) is 4.75. The van der Waals surface area contributed by atoms with Crippen LogP contribution in [0.15, 0.2) is 42.0 Å². The highest BCUT2D eigenvalue weighted by atomic mass is 35.6. The summed E-state index contributed by atoms with van der Waals surface area (Å²) >= 11 is 19.1. The fourth-order valence-corrected chi connectivity index (χ4v) is 3.21. The minimum Gasteiger partial charge on any atom is -0.375 e. The summed E-state index contributed by atoms with van der Waals surface area (Å²) in [5.41, 5.74) is -1.25. The van der Waals surface area contributed by atoms with Crippen molar-refractivity contribution in [2.45, 2.75) is 9.39 Å². The van der Waals surface area contributed by atoms with Gasteiger partial charge in [0.1, 0.15) is 0 Å². The Balaban J connectivity index is 2.61. The normalized spacial score (nSPS) is 15.5. The maximum atomic E-state index is 10.8. The van der Waals surface area contributed by atoms with Crippen LogP contribution in [0, 0.1) is 0 Å². The Labute approximate surface area is 118 Å². The van der Waals surface area contributed by atoms with Crippen molar-refractivity contribution in [1.82, 2.24) is 4.98 Å². The summed E-state index contributed by atoms with van der Waals surface area (Å²) < 4.78 is -1.87. The lowest BCUT2D eigenvalue weighted by Gasteiger charge is -2.33. The number of nitrogens with zero attached hydrogens (tertiary/aromatic N) is 1. The van der Waals surface area contributed by atoms with Crippen LogP contribution < -0.4 is 0 Å². The second-order valence-electron chi connectivity index (χ2n) is 3.43. The van der Waals surface area contributed by atoms with Crippen LogP contribution in [0.3, 0.4) is 0 Å². The molecule has 0 spiro atoms. The molecule has 0 aliphatic rings. The van der Waals surface area contributed by atoms with Crippen LogP contribution in [-0.2, 0) is 5.60 Å². The van der Waals surface area contributed by atoms with Crippen LogP contribution in [0.1, 0.15) is 10.4 Å². The van der Waals surface area contributed by atoms with E-state index in [-0.39, 0.29) is 0 Å². The molecule has 0 bridgehead atoms. The van der Waals surface area contributed by atoms with Gasteiger partial charge in [-0.2, -0.15) is 0 Å². The molecule has 0 fully saturated rings. The molecule has 6 heteroatoms. The number of halogens is 3. The van der Waals surface area contributed by atoms with E-state index < -0.39 is 9.39 Å². The average Bonchev–Trinajstić information content (AvgIpc) is 2.81. The summed E-state index contributed by atoms with van der Waals surface area (Å²) in [6.07, 6.45) is 3.08. The molecule has 2 rings (SSSR count). The maximum Gasteiger partial charge on any atom is 0.227 e. The van der Waals surface area contributed by atoms with E-state index in [1.165, 1.54) is 17.5 Å². The van der Waals surface area contributed by atoms with Gasteiger partial charge in [0.25, 0.3) is 0 Å². The molecule has 2 nitrogen and oxygen atoms in total. The van der Waals surface area contributed by atoms with Crippen molar-refractivity contribution < 1.29 is 5.11 Å². The standard InChI is InChI=1S/C11H8Cl3NOS/c12-11(13,14)10(16,9-4-2-6-17-9)8-3-1-5-15-7-8/h1-7,16H/t10-/m1/s1. The van der Waals surface area contributed by atoms with Gasteiger partial charge in [-0.15, -0.1) is 11.3 Å². The largest absolute Gasteiger partial charge is 0.375 e. The Hall–Kier alpha value is -0.320. The molecule has 2 aromatic heterocycles. The third-order valence-electron chi connectivity index (χ3n) is 2.37. The van der Waals surface area contributed by atoms with E-state index in [2.05, 4.69) is 4.98 Å². The predicted molar refractivity (Wildman–Crippen MR) is 71.8 cm³/mol. The molecule has 1 N–H and O–H groups in total. The molecule has 17 heavy (non-hydrogen) atoms. The number of rotatable bonds is 2. The van der Waals surface area contributed by atoms with Gasteiger partial charge in [-0.25, -0.2) is 0 Å². The highest BCUT2D eigenvalue weighted by Crippen LogP contribution is 2.50. The van der Waals surface area contributed by atoms with E-state index in [0.29, 0.717) is 10.4 Å². The molecule has 0 saturated carbocycles. The smallest absolute Gasteiger partial charge is 0.227 e. The van der Waals surface area contributed by atoms with Crippen molar-refractivity contribution in [3.8, 4) is 0 Å². The van der Waals surface area contributed by atoms with E-state index in [9.17, 15) is 5.11 Å². The summed E-state index contributed by atoms with van der Waals surface area (Å²) in [5, 5.41) is 12.6. The van der Waals surface area contributed by atoms with E-state index >= 15 is 0 Å². The summed E-state index contributed by atoms with van der Waals surface area (Å²) in [6, 6.07) is 6.87. The molecular formula is C11H8Cl3NOS. The minimum atomic E-state index is -1.87. The lowest BCUT2D eigenvalue weighted by Crippen LogP contribution is -2.40. The average molecular weight is 309 g/mol. The van der Waals surface area contributed by atoms with E-state index in [1.807, 2.05) is 5.38 Å². The van der Waals surface area contributed by atoms with Crippen LogP contribution in [0.4, 0.5) is 0 Å². The van der Waals surface area contributed by atoms with Crippen LogP contribution in [0.5, 0.6) is 0 Å². The highest BCUT2D eigenvalue weighted by molar-refractivity contribution is 7.10.